The molecule has 1 aliphatic rings. The van der Waals surface area contributed by atoms with E-state index in [-0.39, 0.29) is 11.3 Å². The van der Waals surface area contributed by atoms with Crippen LogP contribution in [0, 0.1) is 10.1 Å². The molecule has 15 heavy (non-hydrogen) atoms. The van der Waals surface area contributed by atoms with Crippen LogP contribution in [0.4, 0.5) is 5.69 Å². The maximum atomic E-state index is 11.0. The summed E-state index contributed by atoms with van der Waals surface area (Å²) in [6.45, 7) is 0. The first kappa shape index (κ1) is 10.2. The Kier molecular flexibility index (Phi) is 2.50. The van der Waals surface area contributed by atoms with Gasteiger partial charge in [0.1, 0.15) is 0 Å². The van der Waals surface area contributed by atoms with Crippen molar-refractivity contribution in [3.8, 4) is 0 Å². The number of hydrogen-bond donors (Lipinski definition) is 1. The molecule has 0 radical (unpaired) electrons. The number of benzene rings is 1. The molecular formula is C9H9NO4P+. The first-order valence-electron chi connectivity index (χ1n) is 4.52. The number of aryl methyl sites for hydroxylation is 1. The third kappa shape index (κ3) is 1.76. The van der Waals surface area contributed by atoms with Gasteiger partial charge in [0, 0.05) is 24.1 Å². The molecule has 0 spiro atoms. The van der Waals surface area contributed by atoms with Crippen molar-refractivity contribution >= 4 is 13.7 Å². The minimum atomic E-state index is -2.23. The highest BCUT2D eigenvalue weighted by atomic mass is 31.1. The molecule has 78 valence electrons. The molecule has 1 aliphatic carbocycles. The third-order valence-corrected chi connectivity index (χ3v) is 3.72. The van der Waals surface area contributed by atoms with E-state index in [2.05, 4.69) is 0 Å². The smallest absolute Gasteiger partial charge is 0.258 e. The van der Waals surface area contributed by atoms with E-state index in [0.717, 1.165) is 11.1 Å². The van der Waals surface area contributed by atoms with Gasteiger partial charge in [-0.15, -0.1) is 0 Å². The second-order valence-electron chi connectivity index (χ2n) is 3.50. The number of nitrogens with zero attached hydrogens (tertiary/aromatic N) is 1. The predicted octanol–water partition coefficient (Wildman–Crippen LogP) is 2.32. The fraction of sp³-hybridized carbons (Fsp3) is 0.333. The molecule has 0 saturated carbocycles. The van der Waals surface area contributed by atoms with E-state index in [9.17, 15) is 14.7 Å². The average molecular weight is 226 g/mol. The highest BCUT2D eigenvalue weighted by Gasteiger charge is 2.37. The fourth-order valence-electron chi connectivity index (χ4n) is 1.92. The Morgan fingerprint density at radius 3 is 2.87 bits per heavy atom. The molecule has 1 N–H and O–H groups in total. The summed E-state index contributed by atoms with van der Waals surface area (Å²) in [5.41, 5.74) is 1.30. The number of hydrogen-bond acceptors (Lipinski definition) is 3. The van der Waals surface area contributed by atoms with Crippen molar-refractivity contribution in [1.29, 1.82) is 0 Å². The highest BCUT2D eigenvalue weighted by Crippen LogP contribution is 2.47. The molecule has 0 heterocycles. The van der Waals surface area contributed by atoms with Crippen molar-refractivity contribution in [3.05, 3.63) is 39.4 Å². The number of rotatable bonds is 2. The van der Waals surface area contributed by atoms with Crippen LogP contribution in [0.3, 0.4) is 0 Å². The summed E-state index contributed by atoms with van der Waals surface area (Å²) >= 11 is 0. The Balaban J connectivity index is 2.42. The fourth-order valence-corrected chi connectivity index (χ4v) is 2.76. The average Bonchev–Trinajstić information content (AvgIpc) is 2.59. The molecule has 1 aromatic carbocycles. The first-order chi connectivity index (χ1) is 7.09. The van der Waals surface area contributed by atoms with Crippen LogP contribution in [0.15, 0.2) is 18.2 Å². The Hall–Kier alpha value is -1.32. The Bertz CT molecular complexity index is 446. The molecular weight excluding hydrogens is 217 g/mol. The summed E-state index contributed by atoms with van der Waals surface area (Å²) in [6, 6.07) is 4.47. The van der Waals surface area contributed by atoms with Gasteiger partial charge >= 0.3 is 8.03 Å². The van der Waals surface area contributed by atoms with E-state index in [4.69, 9.17) is 4.89 Å². The van der Waals surface area contributed by atoms with E-state index in [1.807, 2.05) is 0 Å². The number of nitro benzene ring substituents is 1. The molecule has 0 amide bonds. The standard InChI is InChI=1S/C9H8NO4P/c11-10(12)7-2-3-8-6(5-7)1-4-9(8)15(13)14/h2-3,5,9H,1,4H2/p+1. The molecule has 0 aromatic heterocycles. The van der Waals surface area contributed by atoms with Crippen LogP contribution in [0.25, 0.3) is 0 Å². The zero-order chi connectivity index (χ0) is 11.0. The summed E-state index contributed by atoms with van der Waals surface area (Å²) in [6.07, 6.45) is 1.24. The summed E-state index contributed by atoms with van der Waals surface area (Å²) in [5.74, 6) is 0. The van der Waals surface area contributed by atoms with Crippen molar-refractivity contribution < 1.29 is 14.4 Å². The van der Waals surface area contributed by atoms with Crippen molar-refractivity contribution in [2.75, 3.05) is 0 Å². The zero-order valence-corrected chi connectivity index (χ0v) is 8.68. The molecule has 0 bridgehead atoms. The molecule has 5 nitrogen and oxygen atoms in total. The first-order valence-corrected chi connectivity index (χ1v) is 5.80. The molecule has 6 heteroatoms. The van der Waals surface area contributed by atoms with E-state index < -0.39 is 13.0 Å². The van der Waals surface area contributed by atoms with E-state index in [0.29, 0.717) is 12.8 Å². The number of nitro groups is 1. The SMILES string of the molecule is O=[N+]([O-])c1ccc2c(c1)CCC2[P+](=O)O. The second-order valence-corrected chi connectivity index (χ2v) is 4.73. The number of fused-ring (bicyclic) bond motifs is 1. The van der Waals surface area contributed by atoms with Gasteiger partial charge < -0.3 is 0 Å². The van der Waals surface area contributed by atoms with Crippen molar-refractivity contribution in [1.82, 2.24) is 0 Å². The van der Waals surface area contributed by atoms with Crippen LogP contribution >= 0.6 is 8.03 Å². The van der Waals surface area contributed by atoms with Crippen LogP contribution in [0.5, 0.6) is 0 Å². The van der Waals surface area contributed by atoms with Gasteiger partial charge in [0.25, 0.3) is 5.69 Å². The lowest BCUT2D eigenvalue weighted by molar-refractivity contribution is -0.384. The lowest BCUT2D eigenvalue weighted by Gasteiger charge is -1.98. The summed E-state index contributed by atoms with van der Waals surface area (Å²) in [5, 5.41) is 10.5. The largest absolute Gasteiger partial charge is 0.513 e. The minimum Gasteiger partial charge on any atom is -0.258 e. The van der Waals surface area contributed by atoms with Crippen molar-refractivity contribution in [2.45, 2.75) is 18.5 Å². The van der Waals surface area contributed by atoms with Gasteiger partial charge in [0.15, 0.2) is 0 Å². The Morgan fingerprint density at radius 1 is 1.53 bits per heavy atom. The van der Waals surface area contributed by atoms with Crippen molar-refractivity contribution in [3.63, 3.8) is 0 Å². The van der Waals surface area contributed by atoms with Crippen LogP contribution in [-0.4, -0.2) is 9.82 Å². The van der Waals surface area contributed by atoms with Crippen molar-refractivity contribution in [2.24, 2.45) is 0 Å². The lowest BCUT2D eigenvalue weighted by Crippen LogP contribution is -1.91. The normalized spacial score (nSPS) is 19.8. The third-order valence-electron chi connectivity index (χ3n) is 2.65. The van der Waals surface area contributed by atoms with Crippen LogP contribution in [0.2, 0.25) is 0 Å². The maximum absolute atomic E-state index is 11.0. The summed E-state index contributed by atoms with van der Waals surface area (Å²) in [7, 11) is -2.23. The van der Waals surface area contributed by atoms with Gasteiger partial charge in [-0.05, 0) is 22.6 Å². The van der Waals surface area contributed by atoms with Gasteiger partial charge in [0.2, 0.25) is 5.66 Å². The van der Waals surface area contributed by atoms with Crippen LogP contribution in [-0.2, 0) is 11.0 Å². The van der Waals surface area contributed by atoms with Gasteiger partial charge in [-0.25, -0.2) is 0 Å². The van der Waals surface area contributed by atoms with Gasteiger partial charge in [0.05, 0.1) is 4.92 Å². The second kappa shape index (κ2) is 3.68. The number of non-ortho nitro benzene ring substituents is 1. The van der Waals surface area contributed by atoms with E-state index >= 15 is 0 Å². The molecule has 0 aliphatic heterocycles. The summed E-state index contributed by atoms with van der Waals surface area (Å²) < 4.78 is 11.0. The molecule has 2 rings (SSSR count). The zero-order valence-electron chi connectivity index (χ0n) is 7.79. The molecule has 2 atom stereocenters. The van der Waals surface area contributed by atoms with Crippen LogP contribution in [0.1, 0.15) is 23.2 Å². The van der Waals surface area contributed by atoms with Gasteiger partial charge in [-0.3, -0.25) is 10.1 Å². The van der Waals surface area contributed by atoms with E-state index in [1.165, 1.54) is 12.1 Å². The van der Waals surface area contributed by atoms with Gasteiger partial charge in [-0.2, -0.15) is 4.89 Å². The molecule has 0 saturated heterocycles. The lowest BCUT2D eigenvalue weighted by atomic mass is 10.1. The van der Waals surface area contributed by atoms with Gasteiger partial charge in [-0.1, -0.05) is 0 Å². The summed E-state index contributed by atoms with van der Waals surface area (Å²) in [4.78, 5) is 19.1. The topological polar surface area (TPSA) is 80.4 Å². The highest BCUT2D eigenvalue weighted by molar-refractivity contribution is 7.38. The van der Waals surface area contributed by atoms with Crippen LogP contribution < -0.4 is 0 Å². The Morgan fingerprint density at radius 2 is 2.27 bits per heavy atom. The quantitative estimate of drug-likeness (QED) is 0.476. The minimum absolute atomic E-state index is 0.0440. The molecule has 1 aromatic rings. The maximum Gasteiger partial charge on any atom is 0.513 e. The molecule has 0 fully saturated rings. The Labute approximate surface area is 86.8 Å². The molecule has 2 unspecified atom stereocenters. The van der Waals surface area contributed by atoms with E-state index in [1.54, 1.807) is 6.07 Å². The monoisotopic (exact) mass is 226 g/mol. The predicted molar refractivity (Wildman–Crippen MR) is 54.0 cm³/mol.